The molecule has 24 heavy (non-hydrogen) atoms. The molecule has 0 fully saturated rings. The quantitative estimate of drug-likeness (QED) is 0.726. The molecule has 0 aliphatic rings. The van der Waals surface area contributed by atoms with Gasteiger partial charge < -0.3 is 20.1 Å². The average Bonchev–Trinajstić information content (AvgIpc) is 2.59. The van der Waals surface area contributed by atoms with Gasteiger partial charge >= 0.3 is 0 Å². The van der Waals surface area contributed by atoms with Crippen LogP contribution in [0.5, 0.6) is 11.5 Å². The van der Waals surface area contributed by atoms with Crippen molar-refractivity contribution in [3.63, 3.8) is 0 Å². The Hall–Kier alpha value is -2.95. The number of hydrogen-bond donors (Lipinski definition) is 2. The summed E-state index contributed by atoms with van der Waals surface area (Å²) < 4.78 is 10.7. The van der Waals surface area contributed by atoms with E-state index in [1.165, 1.54) is 0 Å². The molecule has 5 heteroatoms. The van der Waals surface area contributed by atoms with E-state index in [2.05, 4.69) is 17.2 Å². The zero-order chi connectivity index (χ0) is 17.4. The van der Waals surface area contributed by atoms with Crippen LogP contribution < -0.4 is 20.1 Å². The number of hydrogen-bond acceptors (Lipinski definition) is 4. The van der Waals surface area contributed by atoms with Crippen molar-refractivity contribution < 1.29 is 14.3 Å². The molecule has 2 rings (SSSR count). The number of anilines is 2. The standard InChI is InChI=1S/C19H22N2O3/c1-14(2)13-24-18-6-4-5-16(11-18)21-19(22)12-20-15-7-9-17(23-3)10-8-15/h4-11,20H,1,12-13H2,2-3H3,(H,21,22). The molecule has 2 N–H and O–H groups in total. The molecule has 0 saturated carbocycles. The molecule has 1 amide bonds. The number of nitrogens with one attached hydrogen (secondary N) is 2. The molecular formula is C19H22N2O3. The molecule has 0 aliphatic heterocycles. The summed E-state index contributed by atoms with van der Waals surface area (Å²) in [6.07, 6.45) is 0. The highest BCUT2D eigenvalue weighted by atomic mass is 16.5. The fourth-order valence-corrected chi connectivity index (χ4v) is 1.97. The van der Waals surface area contributed by atoms with E-state index in [1.54, 1.807) is 13.2 Å². The van der Waals surface area contributed by atoms with E-state index in [4.69, 9.17) is 9.47 Å². The van der Waals surface area contributed by atoms with Gasteiger partial charge in [-0.05, 0) is 48.9 Å². The van der Waals surface area contributed by atoms with E-state index in [-0.39, 0.29) is 12.5 Å². The van der Waals surface area contributed by atoms with Gasteiger partial charge in [0.25, 0.3) is 0 Å². The van der Waals surface area contributed by atoms with Crippen molar-refractivity contribution in [1.82, 2.24) is 0 Å². The molecule has 0 bridgehead atoms. The van der Waals surface area contributed by atoms with Crippen molar-refractivity contribution in [2.45, 2.75) is 6.92 Å². The van der Waals surface area contributed by atoms with E-state index < -0.39 is 0 Å². The summed E-state index contributed by atoms with van der Waals surface area (Å²) in [5.74, 6) is 1.33. The lowest BCUT2D eigenvalue weighted by molar-refractivity contribution is -0.114. The van der Waals surface area contributed by atoms with Gasteiger partial charge in [-0.25, -0.2) is 0 Å². The summed E-state index contributed by atoms with van der Waals surface area (Å²) in [5, 5.41) is 5.89. The van der Waals surface area contributed by atoms with Crippen molar-refractivity contribution in [1.29, 1.82) is 0 Å². The monoisotopic (exact) mass is 326 g/mol. The van der Waals surface area contributed by atoms with Gasteiger partial charge in [0.05, 0.1) is 13.7 Å². The third-order valence-electron chi connectivity index (χ3n) is 3.15. The molecule has 2 aromatic rings. The smallest absolute Gasteiger partial charge is 0.243 e. The number of ether oxygens (including phenoxy) is 2. The van der Waals surface area contributed by atoms with Gasteiger partial charge in [-0.1, -0.05) is 12.6 Å². The lowest BCUT2D eigenvalue weighted by Crippen LogP contribution is -2.21. The van der Waals surface area contributed by atoms with Crippen LogP contribution in [0.25, 0.3) is 0 Å². The Bertz CT molecular complexity index is 696. The molecule has 0 unspecified atom stereocenters. The van der Waals surface area contributed by atoms with Crippen molar-refractivity contribution >= 4 is 17.3 Å². The van der Waals surface area contributed by atoms with E-state index >= 15 is 0 Å². The van der Waals surface area contributed by atoms with E-state index in [1.807, 2.05) is 49.4 Å². The Kier molecular flexibility index (Phi) is 6.25. The maximum Gasteiger partial charge on any atom is 0.243 e. The molecule has 0 aromatic heterocycles. The van der Waals surface area contributed by atoms with Gasteiger partial charge in [0.2, 0.25) is 5.91 Å². The number of benzene rings is 2. The molecule has 0 heterocycles. The molecular weight excluding hydrogens is 304 g/mol. The zero-order valence-electron chi connectivity index (χ0n) is 14.0. The minimum Gasteiger partial charge on any atom is -0.497 e. The minimum absolute atomic E-state index is 0.136. The third-order valence-corrected chi connectivity index (χ3v) is 3.15. The molecule has 126 valence electrons. The van der Waals surface area contributed by atoms with Crippen LogP contribution in [0.3, 0.4) is 0 Å². The Balaban J connectivity index is 1.85. The Morgan fingerprint density at radius 2 is 1.83 bits per heavy atom. The molecule has 5 nitrogen and oxygen atoms in total. The molecule has 0 aliphatic carbocycles. The maximum atomic E-state index is 12.0. The summed E-state index contributed by atoms with van der Waals surface area (Å²) in [5.41, 5.74) is 2.48. The lowest BCUT2D eigenvalue weighted by Gasteiger charge is -2.10. The van der Waals surface area contributed by atoms with Gasteiger partial charge in [-0.15, -0.1) is 0 Å². The second-order valence-electron chi connectivity index (χ2n) is 5.40. The van der Waals surface area contributed by atoms with E-state index in [9.17, 15) is 4.79 Å². The van der Waals surface area contributed by atoms with Gasteiger partial charge in [0.15, 0.2) is 0 Å². The predicted octanol–water partition coefficient (Wildman–Crippen LogP) is 3.70. The molecule has 0 spiro atoms. The van der Waals surface area contributed by atoms with Gasteiger partial charge in [0, 0.05) is 17.4 Å². The number of rotatable bonds is 8. The second-order valence-corrected chi connectivity index (χ2v) is 5.40. The Labute approximate surface area is 142 Å². The number of carbonyl (C=O) groups is 1. The van der Waals surface area contributed by atoms with Gasteiger partial charge in [-0.3, -0.25) is 4.79 Å². The summed E-state index contributed by atoms with van der Waals surface area (Å²) in [7, 11) is 1.62. The number of carbonyl (C=O) groups excluding carboxylic acids is 1. The van der Waals surface area contributed by atoms with Crippen molar-refractivity contribution in [3.8, 4) is 11.5 Å². The van der Waals surface area contributed by atoms with Crippen LogP contribution in [-0.4, -0.2) is 26.2 Å². The van der Waals surface area contributed by atoms with Crippen LogP contribution in [0.2, 0.25) is 0 Å². The van der Waals surface area contributed by atoms with Crippen molar-refractivity contribution in [3.05, 3.63) is 60.7 Å². The predicted molar refractivity (Wildman–Crippen MR) is 96.9 cm³/mol. The first-order valence-electron chi connectivity index (χ1n) is 7.62. The number of methoxy groups -OCH3 is 1. The molecule has 0 radical (unpaired) electrons. The third kappa shape index (κ3) is 5.68. The Morgan fingerprint density at radius 3 is 2.50 bits per heavy atom. The minimum atomic E-state index is -0.136. The van der Waals surface area contributed by atoms with Crippen LogP contribution in [0, 0.1) is 0 Å². The van der Waals surface area contributed by atoms with Gasteiger partial charge in [0.1, 0.15) is 18.1 Å². The topological polar surface area (TPSA) is 59.6 Å². The molecule has 0 atom stereocenters. The highest BCUT2D eigenvalue weighted by molar-refractivity contribution is 5.93. The first-order chi connectivity index (χ1) is 11.6. The highest BCUT2D eigenvalue weighted by Crippen LogP contribution is 2.18. The fourth-order valence-electron chi connectivity index (χ4n) is 1.97. The van der Waals surface area contributed by atoms with Crippen LogP contribution in [0.4, 0.5) is 11.4 Å². The average molecular weight is 326 g/mol. The largest absolute Gasteiger partial charge is 0.497 e. The SMILES string of the molecule is C=C(C)COc1cccc(NC(=O)CNc2ccc(OC)cc2)c1. The van der Waals surface area contributed by atoms with Crippen LogP contribution in [0.15, 0.2) is 60.7 Å². The van der Waals surface area contributed by atoms with Crippen molar-refractivity contribution in [2.75, 3.05) is 30.9 Å². The maximum absolute atomic E-state index is 12.0. The highest BCUT2D eigenvalue weighted by Gasteiger charge is 2.04. The normalized spacial score (nSPS) is 9.92. The zero-order valence-corrected chi connectivity index (χ0v) is 14.0. The lowest BCUT2D eigenvalue weighted by atomic mass is 10.3. The van der Waals surface area contributed by atoms with Crippen LogP contribution in [0.1, 0.15) is 6.92 Å². The van der Waals surface area contributed by atoms with Crippen LogP contribution in [-0.2, 0) is 4.79 Å². The molecule has 0 saturated heterocycles. The second kappa shape index (κ2) is 8.62. The van der Waals surface area contributed by atoms with Crippen LogP contribution >= 0.6 is 0 Å². The summed E-state index contributed by atoms with van der Waals surface area (Å²) >= 11 is 0. The van der Waals surface area contributed by atoms with Gasteiger partial charge in [-0.2, -0.15) is 0 Å². The summed E-state index contributed by atoms with van der Waals surface area (Å²) in [4.78, 5) is 12.0. The molecule has 2 aromatic carbocycles. The number of amides is 1. The first-order valence-corrected chi connectivity index (χ1v) is 7.62. The van der Waals surface area contributed by atoms with E-state index in [0.29, 0.717) is 18.0 Å². The summed E-state index contributed by atoms with van der Waals surface area (Å²) in [6, 6.07) is 14.7. The van der Waals surface area contributed by atoms with Crippen molar-refractivity contribution in [2.24, 2.45) is 0 Å². The summed E-state index contributed by atoms with van der Waals surface area (Å²) in [6.45, 7) is 6.32. The van der Waals surface area contributed by atoms with E-state index in [0.717, 1.165) is 17.0 Å². The fraction of sp³-hybridized carbons (Fsp3) is 0.211. The Morgan fingerprint density at radius 1 is 1.08 bits per heavy atom. The first kappa shape index (κ1) is 17.4.